The standard InChI is InChI=1S/C27H31N5O3/c1-3-19-5-4-6-22(15-19)28-26(33)21-11-13-31(14-12-21)27(34)25-23-17-35-24(16-32(23)30-29-25)20-9-7-18(2)8-10-20/h4-10,15,21,24H,3,11-14,16-17H2,1-2H3,(H,28,33)/t24-/m1/s1. The van der Waals surface area contributed by atoms with Crippen LogP contribution in [0.4, 0.5) is 5.69 Å². The average Bonchev–Trinajstić information content (AvgIpc) is 3.32. The van der Waals surface area contributed by atoms with E-state index in [4.69, 9.17) is 4.74 Å². The summed E-state index contributed by atoms with van der Waals surface area (Å²) in [6.45, 7) is 6.01. The van der Waals surface area contributed by atoms with E-state index < -0.39 is 0 Å². The maximum atomic E-state index is 13.2. The van der Waals surface area contributed by atoms with Crippen molar-refractivity contribution in [3.05, 3.63) is 76.6 Å². The number of hydrogen-bond acceptors (Lipinski definition) is 5. The predicted octanol–water partition coefficient (Wildman–Crippen LogP) is 3.91. The number of benzene rings is 2. The molecule has 35 heavy (non-hydrogen) atoms. The number of aromatic nitrogens is 3. The highest BCUT2D eigenvalue weighted by Crippen LogP contribution is 2.28. The second-order valence-electron chi connectivity index (χ2n) is 9.39. The molecule has 2 aromatic carbocycles. The number of carbonyl (C=O) groups excluding carboxylic acids is 2. The first-order valence-electron chi connectivity index (χ1n) is 12.3. The van der Waals surface area contributed by atoms with Crippen molar-refractivity contribution in [2.24, 2.45) is 5.92 Å². The van der Waals surface area contributed by atoms with Gasteiger partial charge in [0.1, 0.15) is 6.10 Å². The minimum atomic E-state index is -0.141. The molecule has 0 bridgehead atoms. The van der Waals surface area contributed by atoms with Crippen molar-refractivity contribution >= 4 is 17.5 Å². The lowest BCUT2D eigenvalue weighted by molar-refractivity contribution is -0.121. The van der Waals surface area contributed by atoms with Crippen molar-refractivity contribution < 1.29 is 14.3 Å². The number of carbonyl (C=O) groups is 2. The largest absolute Gasteiger partial charge is 0.365 e. The second kappa shape index (κ2) is 10.00. The summed E-state index contributed by atoms with van der Waals surface area (Å²) in [4.78, 5) is 27.8. The zero-order chi connectivity index (χ0) is 24.4. The van der Waals surface area contributed by atoms with Crippen LogP contribution in [0.3, 0.4) is 0 Å². The minimum Gasteiger partial charge on any atom is -0.365 e. The Bertz CT molecular complexity index is 1210. The molecule has 2 amide bonds. The Morgan fingerprint density at radius 3 is 2.63 bits per heavy atom. The summed E-state index contributed by atoms with van der Waals surface area (Å²) in [7, 11) is 0. The van der Waals surface area contributed by atoms with E-state index >= 15 is 0 Å². The number of fused-ring (bicyclic) bond motifs is 1. The fourth-order valence-corrected chi connectivity index (χ4v) is 4.77. The van der Waals surface area contributed by atoms with Crippen molar-refractivity contribution in [3.63, 3.8) is 0 Å². The highest BCUT2D eigenvalue weighted by Gasteiger charge is 2.33. The van der Waals surface area contributed by atoms with Crippen LogP contribution in [-0.4, -0.2) is 44.8 Å². The van der Waals surface area contributed by atoms with Crippen molar-refractivity contribution in [3.8, 4) is 0 Å². The Labute approximate surface area is 205 Å². The van der Waals surface area contributed by atoms with Gasteiger partial charge in [-0.15, -0.1) is 5.10 Å². The van der Waals surface area contributed by atoms with Crippen LogP contribution < -0.4 is 5.32 Å². The molecule has 2 aliphatic heterocycles. The summed E-state index contributed by atoms with van der Waals surface area (Å²) in [6.07, 6.45) is 2.06. The van der Waals surface area contributed by atoms with Gasteiger partial charge < -0.3 is 15.0 Å². The fourth-order valence-electron chi connectivity index (χ4n) is 4.77. The molecular weight excluding hydrogens is 442 g/mol. The lowest BCUT2D eigenvalue weighted by atomic mass is 9.95. The van der Waals surface area contributed by atoms with Crippen molar-refractivity contribution in [1.82, 2.24) is 19.9 Å². The maximum Gasteiger partial charge on any atom is 0.276 e. The van der Waals surface area contributed by atoms with Crippen LogP contribution in [0.25, 0.3) is 0 Å². The quantitative estimate of drug-likeness (QED) is 0.607. The van der Waals surface area contributed by atoms with E-state index in [0.29, 0.717) is 50.5 Å². The van der Waals surface area contributed by atoms with E-state index in [1.54, 1.807) is 9.58 Å². The van der Waals surface area contributed by atoms with Gasteiger partial charge in [-0.25, -0.2) is 4.68 Å². The minimum absolute atomic E-state index is 0.0157. The molecule has 1 atom stereocenters. The lowest BCUT2D eigenvalue weighted by Crippen LogP contribution is -2.42. The molecule has 2 aliphatic rings. The second-order valence-corrected chi connectivity index (χ2v) is 9.39. The molecule has 0 spiro atoms. The first kappa shape index (κ1) is 23.2. The first-order valence-corrected chi connectivity index (χ1v) is 12.3. The van der Waals surface area contributed by atoms with Crippen LogP contribution in [0.15, 0.2) is 48.5 Å². The number of amides is 2. The van der Waals surface area contributed by atoms with Gasteiger partial charge in [-0.2, -0.15) is 0 Å². The molecular formula is C27H31N5O3. The van der Waals surface area contributed by atoms with Gasteiger partial charge in [-0.05, 0) is 49.4 Å². The number of rotatable bonds is 5. The third kappa shape index (κ3) is 4.98. The van der Waals surface area contributed by atoms with E-state index in [0.717, 1.165) is 17.7 Å². The molecule has 5 rings (SSSR count). The lowest BCUT2D eigenvalue weighted by Gasteiger charge is -2.31. The van der Waals surface area contributed by atoms with Gasteiger partial charge >= 0.3 is 0 Å². The monoisotopic (exact) mass is 473 g/mol. The molecule has 182 valence electrons. The number of nitrogens with zero attached hydrogens (tertiary/aromatic N) is 4. The maximum absolute atomic E-state index is 13.2. The molecule has 0 unspecified atom stereocenters. The highest BCUT2D eigenvalue weighted by atomic mass is 16.5. The third-order valence-corrected chi connectivity index (χ3v) is 7.01. The molecule has 0 aliphatic carbocycles. The third-order valence-electron chi connectivity index (χ3n) is 7.01. The number of nitrogens with one attached hydrogen (secondary N) is 1. The van der Waals surface area contributed by atoms with E-state index in [2.05, 4.69) is 59.8 Å². The van der Waals surface area contributed by atoms with Crippen LogP contribution in [0, 0.1) is 12.8 Å². The number of ether oxygens (including phenoxy) is 1. The van der Waals surface area contributed by atoms with E-state index in [9.17, 15) is 9.59 Å². The Morgan fingerprint density at radius 2 is 1.89 bits per heavy atom. The molecule has 0 radical (unpaired) electrons. The van der Waals surface area contributed by atoms with Crippen LogP contribution >= 0.6 is 0 Å². The molecule has 3 aromatic rings. The number of piperidine rings is 1. The van der Waals surface area contributed by atoms with Crippen molar-refractivity contribution in [2.75, 3.05) is 18.4 Å². The predicted molar refractivity (Wildman–Crippen MR) is 132 cm³/mol. The normalized spacial score (nSPS) is 18.2. The van der Waals surface area contributed by atoms with E-state index in [-0.39, 0.29) is 23.8 Å². The Kier molecular flexibility index (Phi) is 6.63. The van der Waals surface area contributed by atoms with Gasteiger partial charge in [-0.1, -0.05) is 54.1 Å². The Balaban J connectivity index is 1.18. The van der Waals surface area contributed by atoms with Crippen LogP contribution in [0.5, 0.6) is 0 Å². The van der Waals surface area contributed by atoms with Crippen molar-refractivity contribution in [1.29, 1.82) is 0 Å². The van der Waals surface area contributed by atoms with E-state index in [1.807, 2.05) is 18.2 Å². The number of anilines is 1. The molecule has 1 fully saturated rings. The van der Waals surface area contributed by atoms with Gasteiger partial charge in [0.05, 0.1) is 18.8 Å². The summed E-state index contributed by atoms with van der Waals surface area (Å²) in [5, 5.41) is 11.5. The van der Waals surface area contributed by atoms with Crippen LogP contribution in [-0.2, 0) is 29.1 Å². The van der Waals surface area contributed by atoms with Gasteiger partial charge in [0, 0.05) is 24.7 Å². The fraction of sp³-hybridized carbons (Fsp3) is 0.407. The number of aryl methyl sites for hydroxylation is 2. The molecule has 1 saturated heterocycles. The summed E-state index contributed by atoms with van der Waals surface area (Å²) in [5.41, 5.74) is 5.37. The van der Waals surface area contributed by atoms with Gasteiger partial charge in [-0.3, -0.25) is 9.59 Å². The van der Waals surface area contributed by atoms with Gasteiger partial charge in [0.25, 0.3) is 5.91 Å². The summed E-state index contributed by atoms with van der Waals surface area (Å²) in [5.74, 6) is -0.239. The molecule has 1 N–H and O–H groups in total. The summed E-state index contributed by atoms with van der Waals surface area (Å²) < 4.78 is 7.85. The van der Waals surface area contributed by atoms with Gasteiger partial charge in [0.15, 0.2) is 5.69 Å². The highest BCUT2D eigenvalue weighted by molar-refractivity contribution is 5.94. The van der Waals surface area contributed by atoms with E-state index in [1.165, 1.54) is 11.1 Å². The molecule has 3 heterocycles. The molecule has 8 nitrogen and oxygen atoms in total. The smallest absolute Gasteiger partial charge is 0.276 e. The van der Waals surface area contributed by atoms with Crippen LogP contribution in [0.1, 0.15) is 58.7 Å². The zero-order valence-electron chi connectivity index (χ0n) is 20.2. The average molecular weight is 474 g/mol. The number of likely N-dealkylation sites (tertiary alicyclic amines) is 1. The SMILES string of the molecule is CCc1cccc(NC(=O)C2CCN(C(=O)c3nnn4c3CO[C@@H](c3ccc(C)cc3)C4)CC2)c1. The molecule has 8 heteroatoms. The first-order chi connectivity index (χ1) is 17.0. The Morgan fingerprint density at radius 1 is 1.11 bits per heavy atom. The topological polar surface area (TPSA) is 89.4 Å². The zero-order valence-corrected chi connectivity index (χ0v) is 20.2. The Hall–Kier alpha value is -3.52. The molecule has 0 saturated carbocycles. The number of hydrogen-bond donors (Lipinski definition) is 1. The summed E-state index contributed by atoms with van der Waals surface area (Å²) >= 11 is 0. The van der Waals surface area contributed by atoms with Crippen molar-refractivity contribution in [2.45, 2.75) is 52.4 Å². The van der Waals surface area contributed by atoms with Crippen LogP contribution in [0.2, 0.25) is 0 Å². The summed E-state index contributed by atoms with van der Waals surface area (Å²) in [6, 6.07) is 16.2. The van der Waals surface area contributed by atoms with Gasteiger partial charge in [0.2, 0.25) is 5.91 Å². The molecule has 1 aromatic heterocycles.